The molecule has 0 aromatic heterocycles. The molecular weight excluding hydrogens is 243 g/mol. The second kappa shape index (κ2) is 11.4. The molecule has 0 aliphatic heterocycles. The van der Waals surface area contributed by atoms with E-state index >= 15 is 0 Å². The number of hydrogen-bond donors (Lipinski definition) is 2. The zero-order chi connectivity index (χ0) is 7.70. The van der Waals surface area contributed by atoms with Gasteiger partial charge in [-0.05, 0) is 0 Å². The molecule has 0 saturated carbocycles. The van der Waals surface area contributed by atoms with Gasteiger partial charge < -0.3 is 5.11 Å². The fourth-order valence-electron chi connectivity index (χ4n) is 0.0956. The van der Waals surface area contributed by atoms with Gasteiger partial charge in [-0.1, -0.05) is 0 Å². The van der Waals surface area contributed by atoms with Crippen LogP contribution >= 0.6 is 12.6 Å². The van der Waals surface area contributed by atoms with Crippen LogP contribution in [-0.2, 0) is 4.79 Å². The van der Waals surface area contributed by atoms with Crippen molar-refractivity contribution in [3.63, 3.8) is 0 Å². The molecule has 54 valence electrons. The Kier molecular flexibility index (Phi) is 15.6. The molecule has 0 amide bonds. The summed E-state index contributed by atoms with van der Waals surface area (Å²) in [6.07, 6.45) is 0.156. The van der Waals surface area contributed by atoms with E-state index in [9.17, 15) is 4.79 Å². The van der Waals surface area contributed by atoms with Gasteiger partial charge in [0, 0.05) is 5.75 Å². The fourth-order valence-corrected chi connectivity index (χ4v) is 0.287. The van der Waals surface area contributed by atoms with Gasteiger partial charge in [0.1, 0.15) is 0 Å². The Bertz CT molecular complexity index is 68.0. The van der Waals surface area contributed by atoms with Gasteiger partial charge in [0.25, 0.3) is 0 Å². The molecule has 1 N–H and O–H groups in total. The van der Waals surface area contributed by atoms with Crippen molar-refractivity contribution in [3.8, 4) is 0 Å². The molecule has 0 heterocycles. The Hall–Kier alpha value is 0.619. The minimum atomic E-state index is -0.787. The number of aliphatic carboxylic acids is 1. The van der Waals surface area contributed by atoms with Crippen molar-refractivity contribution in [2.75, 3.05) is 5.75 Å². The molecule has 0 spiro atoms. The predicted molar refractivity (Wildman–Crippen MR) is 43.6 cm³/mol. The first-order chi connectivity index (χ1) is 4.18. The van der Waals surface area contributed by atoms with E-state index in [2.05, 4.69) is 22.5 Å². The Morgan fingerprint density at radius 3 is 2.00 bits per heavy atom. The van der Waals surface area contributed by atoms with Crippen LogP contribution in [0.15, 0.2) is 0 Å². The van der Waals surface area contributed by atoms with E-state index < -0.39 is 5.97 Å². The number of carboxylic acid groups (broad SMARTS) is 1. The SMILES string of the molecule is O=C(O)CCS.[CH3][Sn][CH3]. The molecule has 0 aromatic carbocycles. The molecule has 0 bridgehead atoms. The van der Waals surface area contributed by atoms with Crippen LogP contribution in [0.2, 0.25) is 9.88 Å². The molecule has 2 radical (unpaired) electrons. The molecule has 0 aromatic rings. The van der Waals surface area contributed by atoms with E-state index in [0.29, 0.717) is 5.75 Å². The maximum atomic E-state index is 9.55. The van der Waals surface area contributed by atoms with Crippen LogP contribution in [0.1, 0.15) is 6.42 Å². The van der Waals surface area contributed by atoms with Gasteiger partial charge in [-0.3, -0.25) is 4.79 Å². The zero-order valence-electron chi connectivity index (χ0n) is 5.72. The third kappa shape index (κ3) is 28.8. The molecule has 0 aliphatic rings. The average Bonchev–Trinajstić information content (AvgIpc) is 1.67. The first-order valence-electron chi connectivity index (χ1n) is 2.60. The van der Waals surface area contributed by atoms with Crippen molar-refractivity contribution in [2.24, 2.45) is 0 Å². The van der Waals surface area contributed by atoms with Crippen LogP contribution in [0.3, 0.4) is 0 Å². The van der Waals surface area contributed by atoms with Crippen molar-refractivity contribution in [1.82, 2.24) is 0 Å². The van der Waals surface area contributed by atoms with Crippen LogP contribution in [0, 0.1) is 0 Å². The summed E-state index contributed by atoms with van der Waals surface area (Å²) in [4.78, 5) is 14.1. The topological polar surface area (TPSA) is 37.3 Å². The number of hydrogen-bond acceptors (Lipinski definition) is 2. The van der Waals surface area contributed by atoms with Crippen LogP contribution < -0.4 is 0 Å². The molecule has 0 aliphatic carbocycles. The van der Waals surface area contributed by atoms with Crippen molar-refractivity contribution in [3.05, 3.63) is 0 Å². The minimum absolute atomic E-state index is 0.156. The fraction of sp³-hybridized carbons (Fsp3) is 0.800. The quantitative estimate of drug-likeness (QED) is 0.574. The van der Waals surface area contributed by atoms with Crippen molar-refractivity contribution >= 4 is 39.7 Å². The first-order valence-corrected chi connectivity index (χ1v) is 8.94. The summed E-state index contributed by atoms with van der Waals surface area (Å²) in [5, 5.41) is 7.86. The van der Waals surface area contributed by atoms with E-state index in [0.717, 1.165) is 0 Å². The van der Waals surface area contributed by atoms with E-state index in [4.69, 9.17) is 5.11 Å². The summed E-state index contributed by atoms with van der Waals surface area (Å²) in [5.74, 6) is -0.361. The van der Waals surface area contributed by atoms with Crippen LogP contribution in [-0.4, -0.2) is 38.0 Å². The molecule has 9 heavy (non-hydrogen) atoms. The predicted octanol–water partition coefficient (Wildman–Crippen LogP) is 1.18. The normalized spacial score (nSPS) is 7.44. The van der Waals surface area contributed by atoms with Gasteiger partial charge in [-0.15, -0.1) is 0 Å². The van der Waals surface area contributed by atoms with Gasteiger partial charge in [-0.2, -0.15) is 12.6 Å². The molecular formula is C5H12O2SSn. The summed E-state index contributed by atoms with van der Waals surface area (Å²) >= 11 is 3.91. The second-order valence-electron chi connectivity index (χ2n) is 1.37. The van der Waals surface area contributed by atoms with Gasteiger partial charge in [-0.25, -0.2) is 0 Å². The standard InChI is InChI=1S/C3H6O2S.2CH3.Sn/c4-3(5)1-2-6;;;/h6H,1-2H2,(H,4,5);2*1H3;. The first kappa shape index (κ1) is 12.3. The molecule has 0 saturated heterocycles. The Labute approximate surface area is 71.7 Å². The van der Waals surface area contributed by atoms with Crippen LogP contribution in [0.4, 0.5) is 0 Å². The third-order valence-electron chi connectivity index (χ3n) is 0.326. The van der Waals surface area contributed by atoms with Gasteiger partial charge in [0.05, 0.1) is 6.42 Å². The van der Waals surface area contributed by atoms with Crippen molar-refractivity contribution in [1.29, 1.82) is 0 Å². The van der Waals surface area contributed by atoms with E-state index in [1.807, 2.05) is 0 Å². The van der Waals surface area contributed by atoms with Gasteiger partial charge in [0.15, 0.2) is 0 Å². The number of rotatable bonds is 2. The number of carbonyl (C=O) groups is 1. The van der Waals surface area contributed by atoms with Gasteiger partial charge in [0.2, 0.25) is 0 Å². The summed E-state index contributed by atoms with van der Waals surface area (Å²) in [6, 6.07) is 0. The molecule has 0 fully saturated rings. The third-order valence-corrected chi connectivity index (χ3v) is 0.549. The van der Waals surface area contributed by atoms with E-state index in [-0.39, 0.29) is 27.6 Å². The molecule has 0 rings (SSSR count). The Balaban J connectivity index is 0. The van der Waals surface area contributed by atoms with E-state index in [1.165, 1.54) is 0 Å². The van der Waals surface area contributed by atoms with E-state index in [1.54, 1.807) is 0 Å². The molecule has 0 atom stereocenters. The summed E-state index contributed by atoms with van der Waals surface area (Å²) < 4.78 is 0. The molecule has 2 nitrogen and oxygen atoms in total. The zero-order valence-corrected chi connectivity index (χ0v) is 9.47. The number of thiol groups is 1. The summed E-state index contributed by atoms with van der Waals surface area (Å²) in [5.41, 5.74) is 0. The second-order valence-corrected chi connectivity index (χ2v) is 4.67. The molecule has 4 heteroatoms. The monoisotopic (exact) mass is 256 g/mol. The number of carboxylic acids is 1. The van der Waals surface area contributed by atoms with Crippen molar-refractivity contribution < 1.29 is 9.90 Å². The summed E-state index contributed by atoms with van der Waals surface area (Å²) in [7, 11) is 0. The average molecular weight is 255 g/mol. The van der Waals surface area contributed by atoms with Crippen LogP contribution in [0.25, 0.3) is 0 Å². The summed E-state index contributed by atoms with van der Waals surface area (Å²) in [6.45, 7) is 0. The Morgan fingerprint density at radius 2 is 2.00 bits per heavy atom. The molecule has 0 unspecified atom stereocenters. The van der Waals surface area contributed by atoms with Crippen LogP contribution in [0.5, 0.6) is 0 Å². The maximum absolute atomic E-state index is 9.55. The van der Waals surface area contributed by atoms with Gasteiger partial charge >= 0.3 is 37.0 Å². The Morgan fingerprint density at radius 1 is 1.67 bits per heavy atom. The van der Waals surface area contributed by atoms with Crippen molar-refractivity contribution in [2.45, 2.75) is 16.3 Å².